The Balaban J connectivity index is 1.61. The molecule has 2 aliphatic carbocycles. The molecular weight excluding hydrogens is 328 g/mol. The Kier molecular flexibility index (Phi) is 4.36. The molecule has 2 fully saturated rings. The van der Waals surface area contributed by atoms with Crippen molar-refractivity contribution in [2.24, 2.45) is 5.92 Å². The summed E-state index contributed by atoms with van der Waals surface area (Å²) in [6, 6.07) is 7.19. The van der Waals surface area contributed by atoms with Crippen LogP contribution in [0.25, 0.3) is 0 Å². The predicted octanol–water partition coefficient (Wildman–Crippen LogP) is 3.96. The van der Waals surface area contributed by atoms with Gasteiger partial charge in [-0.05, 0) is 79.1 Å². The molecule has 2 saturated carbocycles. The minimum Gasteiger partial charge on any atom is -0.324 e. The number of benzene rings is 1. The number of rotatable bonds is 6. The molecule has 0 saturated heterocycles. The Morgan fingerprint density at radius 3 is 2.67 bits per heavy atom. The third kappa shape index (κ3) is 3.86. The van der Waals surface area contributed by atoms with Crippen molar-refractivity contribution in [3.05, 3.63) is 28.2 Å². The van der Waals surface area contributed by atoms with Crippen LogP contribution >= 0.6 is 15.9 Å². The number of hydrogen-bond acceptors (Lipinski definition) is 2. The molecule has 0 bridgehead atoms. The summed E-state index contributed by atoms with van der Waals surface area (Å²) in [5.74, 6) is 0.906. The molecule has 21 heavy (non-hydrogen) atoms. The van der Waals surface area contributed by atoms with Crippen molar-refractivity contribution in [3.8, 4) is 0 Å². The molecule has 3 rings (SSSR count). The van der Waals surface area contributed by atoms with Gasteiger partial charge in [0.2, 0.25) is 5.91 Å². The Bertz CT molecular complexity index is 538. The summed E-state index contributed by atoms with van der Waals surface area (Å²) in [4.78, 5) is 14.8. The minimum absolute atomic E-state index is 0.0963. The van der Waals surface area contributed by atoms with E-state index in [1.165, 1.54) is 31.2 Å². The average Bonchev–Trinajstić information content (AvgIpc) is 3.28. The maximum atomic E-state index is 12.4. The van der Waals surface area contributed by atoms with Crippen LogP contribution in [0.4, 0.5) is 5.69 Å². The number of halogens is 1. The molecule has 1 atom stereocenters. The van der Waals surface area contributed by atoms with Crippen LogP contribution in [0.5, 0.6) is 0 Å². The molecule has 1 unspecified atom stereocenters. The van der Waals surface area contributed by atoms with Gasteiger partial charge in [0, 0.05) is 16.6 Å². The Labute approximate surface area is 135 Å². The van der Waals surface area contributed by atoms with Gasteiger partial charge in [-0.3, -0.25) is 9.69 Å². The fourth-order valence-electron chi connectivity index (χ4n) is 2.94. The standard InChI is InChI=1S/C17H23BrN2O/c1-11-3-8-16(15(18)9-11)19-17(21)10-20(14-6-7-14)12(2)13-4-5-13/h3,8-9,12-14H,4-7,10H2,1-2H3,(H,19,21). The number of aryl methyl sites for hydroxylation is 1. The number of carbonyl (C=O) groups is 1. The van der Waals surface area contributed by atoms with Gasteiger partial charge in [-0.25, -0.2) is 0 Å². The van der Waals surface area contributed by atoms with Gasteiger partial charge in [0.1, 0.15) is 0 Å². The van der Waals surface area contributed by atoms with Gasteiger partial charge < -0.3 is 5.32 Å². The second kappa shape index (κ2) is 6.09. The molecule has 114 valence electrons. The smallest absolute Gasteiger partial charge is 0.238 e. The number of nitrogens with one attached hydrogen (secondary N) is 1. The predicted molar refractivity (Wildman–Crippen MR) is 89.4 cm³/mol. The fraction of sp³-hybridized carbons (Fsp3) is 0.588. The van der Waals surface area contributed by atoms with Crippen molar-refractivity contribution in [2.75, 3.05) is 11.9 Å². The zero-order valence-corrected chi connectivity index (χ0v) is 14.3. The van der Waals surface area contributed by atoms with Gasteiger partial charge in [-0.1, -0.05) is 6.07 Å². The Morgan fingerprint density at radius 1 is 1.38 bits per heavy atom. The van der Waals surface area contributed by atoms with Crippen molar-refractivity contribution in [2.45, 2.75) is 51.6 Å². The van der Waals surface area contributed by atoms with Crippen LogP contribution in [0.1, 0.15) is 38.2 Å². The summed E-state index contributed by atoms with van der Waals surface area (Å²) in [5, 5.41) is 3.04. The lowest BCUT2D eigenvalue weighted by molar-refractivity contribution is -0.118. The van der Waals surface area contributed by atoms with Crippen molar-refractivity contribution in [1.29, 1.82) is 0 Å². The molecule has 0 aliphatic heterocycles. The topological polar surface area (TPSA) is 32.3 Å². The number of anilines is 1. The minimum atomic E-state index is 0.0963. The highest BCUT2D eigenvalue weighted by molar-refractivity contribution is 9.10. The van der Waals surface area contributed by atoms with Gasteiger partial charge in [-0.15, -0.1) is 0 Å². The van der Waals surface area contributed by atoms with Gasteiger partial charge in [0.05, 0.1) is 12.2 Å². The lowest BCUT2D eigenvalue weighted by Crippen LogP contribution is -2.42. The molecule has 2 aliphatic rings. The first kappa shape index (κ1) is 15.0. The summed E-state index contributed by atoms with van der Waals surface area (Å²) in [6.07, 6.45) is 5.15. The van der Waals surface area contributed by atoms with Crippen LogP contribution in [0.15, 0.2) is 22.7 Å². The van der Waals surface area contributed by atoms with E-state index in [0.29, 0.717) is 18.6 Å². The molecule has 0 heterocycles. The lowest BCUT2D eigenvalue weighted by atomic mass is 10.1. The van der Waals surface area contributed by atoms with Crippen molar-refractivity contribution in [1.82, 2.24) is 4.90 Å². The highest BCUT2D eigenvalue weighted by atomic mass is 79.9. The van der Waals surface area contributed by atoms with Crippen molar-refractivity contribution >= 4 is 27.5 Å². The molecule has 1 aromatic rings. The fourth-order valence-corrected chi connectivity index (χ4v) is 3.53. The zero-order chi connectivity index (χ0) is 15.0. The second-order valence-corrected chi connectivity index (χ2v) is 7.37. The van der Waals surface area contributed by atoms with Crippen molar-refractivity contribution < 1.29 is 4.79 Å². The lowest BCUT2D eigenvalue weighted by Gasteiger charge is -2.28. The van der Waals surface area contributed by atoms with E-state index in [1.807, 2.05) is 25.1 Å². The zero-order valence-electron chi connectivity index (χ0n) is 12.7. The third-order valence-electron chi connectivity index (χ3n) is 4.57. The first-order valence-corrected chi connectivity index (χ1v) is 8.65. The molecular formula is C17H23BrN2O. The molecule has 1 aromatic carbocycles. The summed E-state index contributed by atoms with van der Waals surface area (Å²) >= 11 is 3.52. The van der Waals surface area contributed by atoms with Gasteiger partial charge in [-0.2, -0.15) is 0 Å². The summed E-state index contributed by atoms with van der Waals surface area (Å²) in [6.45, 7) is 4.84. The molecule has 4 heteroatoms. The van der Waals surface area contributed by atoms with E-state index in [-0.39, 0.29) is 5.91 Å². The highest BCUT2D eigenvalue weighted by Crippen LogP contribution is 2.39. The summed E-state index contributed by atoms with van der Waals surface area (Å²) in [7, 11) is 0. The number of hydrogen-bond donors (Lipinski definition) is 1. The largest absolute Gasteiger partial charge is 0.324 e. The molecule has 0 spiro atoms. The Morgan fingerprint density at radius 2 is 2.10 bits per heavy atom. The van der Waals surface area contributed by atoms with Crippen LogP contribution in [-0.4, -0.2) is 29.4 Å². The van der Waals surface area contributed by atoms with Gasteiger partial charge >= 0.3 is 0 Å². The van der Waals surface area contributed by atoms with E-state index in [0.717, 1.165) is 16.1 Å². The van der Waals surface area contributed by atoms with Crippen LogP contribution < -0.4 is 5.32 Å². The number of amides is 1. The second-order valence-electron chi connectivity index (χ2n) is 6.51. The number of carbonyl (C=O) groups excluding carboxylic acids is 1. The van der Waals surface area contributed by atoms with E-state index in [4.69, 9.17) is 0 Å². The maximum absolute atomic E-state index is 12.4. The first-order valence-electron chi connectivity index (χ1n) is 7.86. The summed E-state index contributed by atoms with van der Waals surface area (Å²) in [5.41, 5.74) is 2.04. The molecule has 1 amide bonds. The summed E-state index contributed by atoms with van der Waals surface area (Å²) < 4.78 is 0.948. The van der Waals surface area contributed by atoms with E-state index < -0.39 is 0 Å². The van der Waals surface area contributed by atoms with Crippen LogP contribution in [0.3, 0.4) is 0 Å². The molecule has 1 N–H and O–H groups in total. The first-order chi connectivity index (χ1) is 10.0. The highest BCUT2D eigenvalue weighted by Gasteiger charge is 2.39. The van der Waals surface area contributed by atoms with Crippen LogP contribution in [0, 0.1) is 12.8 Å². The van der Waals surface area contributed by atoms with Crippen molar-refractivity contribution in [3.63, 3.8) is 0 Å². The van der Waals surface area contributed by atoms with E-state index in [9.17, 15) is 4.79 Å². The van der Waals surface area contributed by atoms with E-state index in [1.54, 1.807) is 0 Å². The Hall–Kier alpha value is -0.870. The van der Waals surface area contributed by atoms with E-state index >= 15 is 0 Å². The van der Waals surface area contributed by atoms with E-state index in [2.05, 4.69) is 33.1 Å². The average molecular weight is 351 g/mol. The monoisotopic (exact) mass is 350 g/mol. The molecule has 0 aromatic heterocycles. The molecule has 0 radical (unpaired) electrons. The van der Waals surface area contributed by atoms with Gasteiger partial charge in [0.15, 0.2) is 0 Å². The normalized spacial score (nSPS) is 19.6. The van der Waals surface area contributed by atoms with Gasteiger partial charge in [0.25, 0.3) is 0 Å². The SMILES string of the molecule is Cc1ccc(NC(=O)CN(C2CC2)C(C)C2CC2)c(Br)c1. The quantitative estimate of drug-likeness (QED) is 0.841. The molecule has 3 nitrogen and oxygen atoms in total. The maximum Gasteiger partial charge on any atom is 0.238 e. The van der Waals surface area contributed by atoms with Crippen LogP contribution in [0.2, 0.25) is 0 Å². The van der Waals surface area contributed by atoms with Crippen LogP contribution in [-0.2, 0) is 4.79 Å². The number of nitrogens with zero attached hydrogens (tertiary/aromatic N) is 1. The third-order valence-corrected chi connectivity index (χ3v) is 5.22.